The summed E-state index contributed by atoms with van der Waals surface area (Å²) in [4.78, 5) is 0. The Morgan fingerprint density at radius 2 is 1.29 bits per heavy atom. The molecule has 0 radical (unpaired) electrons. The quantitative estimate of drug-likeness (QED) is 0.621. The summed E-state index contributed by atoms with van der Waals surface area (Å²) in [5.41, 5.74) is 7.49. The normalized spacial score (nSPS) is 22.5. The molecule has 126 valence electrons. The molecule has 2 aliphatic carbocycles. The molecule has 1 aromatic rings. The molecule has 2 unspecified atom stereocenters. The van der Waals surface area contributed by atoms with Gasteiger partial charge in [0.2, 0.25) is 0 Å². The summed E-state index contributed by atoms with van der Waals surface area (Å²) in [6.07, 6.45) is 4.93. The smallest absolute Gasteiger partial charge is 1.00 e. The van der Waals surface area contributed by atoms with Crippen LogP contribution in [0.4, 0.5) is 0 Å². The van der Waals surface area contributed by atoms with Gasteiger partial charge < -0.3 is 24.8 Å². The van der Waals surface area contributed by atoms with Crippen LogP contribution in [0.15, 0.2) is 65.8 Å². The third-order valence-electron chi connectivity index (χ3n) is 4.99. The third kappa shape index (κ3) is 4.06. The van der Waals surface area contributed by atoms with Crippen LogP contribution in [0.2, 0.25) is 0 Å². The van der Waals surface area contributed by atoms with E-state index in [1.165, 1.54) is 16.7 Å². The van der Waals surface area contributed by atoms with Crippen molar-refractivity contribution in [1.82, 2.24) is 0 Å². The van der Waals surface area contributed by atoms with E-state index in [1.807, 2.05) is 0 Å². The standard InChI is InChI=1S/C13H13.C8H11.2ClH.Zr/c1-10-8-11(2)13(9-10)12-6-4-3-5-7-12;1-6-4-7(2)8(3)5-6;;;/h3-7,9-10H,1-2H3;4,6H,1-3H3;2*1H;/q;;;;+2/p-2. The van der Waals surface area contributed by atoms with Gasteiger partial charge in [0.25, 0.3) is 0 Å². The molecular formula is C21H24Cl2Zr. The van der Waals surface area contributed by atoms with Crippen LogP contribution in [0.25, 0.3) is 5.57 Å². The summed E-state index contributed by atoms with van der Waals surface area (Å²) >= 11 is -0.667. The van der Waals surface area contributed by atoms with Crippen LogP contribution in [0.3, 0.4) is 0 Å². The molecule has 3 rings (SSSR count). The first-order chi connectivity index (χ1) is 10.5. The predicted molar refractivity (Wildman–Crippen MR) is 91.9 cm³/mol. The maximum atomic E-state index is 2.48. The Balaban J connectivity index is 0.00000144. The molecule has 0 nitrogen and oxygen atoms in total. The van der Waals surface area contributed by atoms with Gasteiger partial charge in [-0.05, 0) is 0 Å². The number of benzene rings is 1. The molecule has 2 aliphatic rings. The summed E-state index contributed by atoms with van der Waals surface area (Å²) in [7, 11) is 0. The first-order valence-electron chi connectivity index (χ1n) is 8.14. The molecular weight excluding hydrogens is 414 g/mol. The minimum Gasteiger partial charge on any atom is -1.00 e. The predicted octanol–water partition coefficient (Wildman–Crippen LogP) is -0.0458. The van der Waals surface area contributed by atoms with Crippen molar-refractivity contribution in [3.05, 3.63) is 71.3 Å². The van der Waals surface area contributed by atoms with Crippen LogP contribution in [-0.2, 0) is 23.2 Å². The van der Waals surface area contributed by atoms with Crippen molar-refractivity contribution < 1.29 is 48.0 Å². The summed E-state index contributed by atoms with van der Waals surface area (Å²) in [6, 6.07) is 10.9. The van der Waals surface area contributed by atoms with Gasteiger partial charge in [-0.3, -0.25) is 0 Å². The Morgan fingerprint density at radius 1 is 0.750 bits per heavy atom. The molecule has 3 heteroatoms. The van der Waals surface area contributed by atoms with Crippen molar-refractivity contribution in [1.29, 1.82) is 0 Å². The molecule has 2 atom stereocenters. The van der Waals surface area contributed by atoms with Gasteiger partial charge in [-0.2, -0.15) is 0 Å². The summed E-state index contributed by atoms with van der Waals surface area (Å²) in [5.74, 6) is 1.29. The van der Waals surface area contributed by atoms with Crippen molar-refractivity contribution in [2.45, 2.75) is 34.6 Å². The van der Waals surface area contributed by atoms with E-state index >= 15 is 0 Å². The van der Waals surface area contributed by atoms with Crippen molar-refractivity contribution in [2.75, 3.05) is 0 Å². The maximum absolute atomic E-state index is 2.48. The van der Waals surface area contributed by atoms with E-state index in [-0.39, 0.29) is 24.8 Å². The molecule has 0 bridgehead atoms. The second kappa shape index (κ2) is 8.84. The zero-order valence-electron chi connectivity index (χ0n) is 15.0. The fourth-order valence-corrected chi connectivity index (χ4v) is 7.55. The summed E-state index contributed by atoms with van der Waals surface area (Å²) < 4.78 is 3.55. The van der Waals surface area contributed by atoms with Gasteiger partial charge >= 0.3 is 147 Å². The fourth-order valence-electron chi connectivity index (χ4n) is 3.57. The molecule has 24 heavy (non-hydrogen) atoms. The molecule has 1 aromatic carbocycles. The second-order valence-corrected chi connectivity index (χ2v) is 9.84. The molecule has 0 spiro atoms. The Kier molecular flexibility index (Phi) is 7.99. The van der Waals surface area contributed by atoms with E-state index < -0.39 is 23.2 Å². The molecule has 0 fully saturated rings. The second-order valence-electron chi connectivity index (χ2n) is 6.58. The molecule has 0 N–H and O–H groups in total. The van der Waals surface area contributed by atoms with Gasteiger partial charge in [0.05, 0.1) is 0 Å². The Morgan fingerprint density at radius 3 is 1.83 bits per heavy atom. The van der Waals surface area contributed by atoms with Crippen LogP contribution in [0, 0.1) is 11.8 Å². The van der Waals surface area contributed by atoms with Crippen LogP contribution in [-0.4, -0.2) is 0 Å². The Labute approximate surface area is 170 Å². The van der Waals surface area contributed by atoms with Crippen LogP contribution in [0.1, 0.15) is 40.2 Å². The average molecular weight is 439 g/mol. The molecule has 0 saturated carbocycles. The first kappa shape index (κ1) is 21.7. The fraction of sp³-hybridized carbons (Fsp3) is 0.333. The van der Waals surface area contributed by atoms with E-state index in [9.17, 15) is 0 Å². The van der Waals surface area contributed by atoms with E-state index in [0.29, 0.717) is 11.8 Å². The molecule has 0 aliphatic heterocycles. The molecule has 0 amide bonds. The van der Waals surface area contributed by atoms with Gasteiger partial charge in [-0.25, -0.2) is 0 Å². The largest absolute Gasteiger partial charge is 1.00 e. The average Bonchev–Trinajstić information content (AvgIpc) is 2.92. The minimum absolute atomic E-state index is 0. The Hall–Kier alpha value is -0.357. The van der Waals surface area contributed by atoms with E-state index in [0.717, 1.165) is 0 Å². The number of hydrogen-bond donors (Lipinski definition) is 0. The topological polar surface area (TPSA) is 0 Å². The van der Waals surface area contributed by atoms with E-state index in [1.54, 1.807) is 17.7 Å². The first-order valence-corrected chi connectivity index (χ1v) is 10.6. The summed E-state index contributed by atoms with van der Waals surface area (Å²) in [6.45, 7) is 11.7. The zero-order valence-corrected chi connectivity index (χ0v) is 18.9. The van der Waals surface area contributed by atoms with Crippen molar-refractivity contribution >= 4 is 5.57 Å². The third-order valence-corrected chi connectivity index (χ3v) is 10.4. The molecule has 0 aromatic heterocycles. The number of halogens is 2. The van der Waals surface area contributed by atoms with E-state index in [4.69, 9.17) is 0 Å². The van der Waals surface area contributed by atoms with Gasteiger partial charge in [0.15, 0.2) is 0 Å². The van der Waals surface area contributed by atoms with Gasteiger partial charge in [-0.1, -0.05) is 0 Å². The van der Waals surface area contributed by atoms with Gasteiger partial charge in [0, 0.05) is 0 Å². The van der Waals surface area contributed by atoms with Crippen LogP contribution in [0.5, 0.6) is 0 Å². The number of rotatable bonds is 3. The van der Waals surface area contributed by atoms with E-state index in [2.05, 4.69) is 77.1 Å². The molecule has 0 heterocycles. The van der Waals surface area contributed by atoms with Crippen molar-refractivity contribution in [2.24, 2.45) is 11.8 Å². The number of hydrogen-bond acceptors (Lipinski definition) is 0. The Bertz CT molecular complexity index is 723. The van der Waals surface area contributed by atoms with Gasteiger partial charge in [0.1, 0.15) is 0 Å². The minimum atomic E-state index is -0.667. The van der Waals surface area contributed by atoms with Crippen molar-refractivity contribution in [3.63, 3.8) is 0 Å². The van der Waals surface area contributed by atoms with Gasteiger partial charge in [-0.15, -0.1) is 0 Å². The monoisotopic (exact) mass is 436 g/mol. The number of allylic oxidation sites excluding steroid dienone is 8. The molecule has 0 saturated heterocycles. The zero-order chi connectivity index (χ0) is 15.9. The maximum Gasteiger partial charge on any atom is -1.00 e. The van der Waals surface area contributed by atoms with Crippen LogP contribution < -0.4 is 24.8 Å². The van der Waals surface area contributed by atoms with Crippen LogP contribution >= 0.6 is 0 Å². The summed E-state index contributed by atoms with van der Waals surface area (Å²) in [5, 5.41) is 0. The van der Waals surface area contributed by atoms with Crippen molar-refractivity contribution in [3.8, 4) is 0 Å². The SMILES string of the molecule is CC1=CC(C)[C]([Zr+2][C]2=C(C)C(c3ccccc3)=CC2C)=C1C.[Cl-].[Cl-].